The van der Waals surface area contributed by atoms with Crippen molar-refractivity contribution in [1.82, 2.24) is 4.90 Å². The number of hydrazine groups is 1. The predicted molar refractivity (Wildman–Crippen MR) is 78.1 cm³/mol. The number of carbonyl (C=O) groups is 1. The predicted octanol–water partition coefficient (Wildman–Crippen LogP) is 0.540. The molecule has 0 aliphatic carbocycles. The molecule has 0 saturated carbocycles. The number of nitrogens with zero attached hydrogens (tertiary/aromatic N) is 1. The number of hydrogen-bond acceptors (Lipinski definition) is 5. The molecule has 7 heteroatoms. The van der Waals surface area contributed by atoms with Crippen LogP contribution in [0, 0.1) is 6.92 Å². The van der Waals surface area contributed by atoms with Gasteiger partial charge in [0.25, 0.3) is 5.91 Å². The fourth-order valence-corrected chi connectivity index (χ4v) is 3.98. The molecule has 1 aliphatic heterocycles. The highest BCUT2D eigenvalue weighted by Gasteiger charge is 2.31. The van der Waals surface area contributed by atoms with Crippen LogP contribution in [0.4, 0.5) is 5.69 Å². The van der Waals surface area contributed by atoms with Gasteiger partial charge in [0.1, 0.15) is 0 Å². The molecule has 0 aromatic heterocycles. The summed E-state index contributed by atoms with van der Waals surface area (Å²) in [5.74, 6) is 5.28. The van der Waals surface area contributed by atoms with Crippen molar-refractivity contribution in [2.45, 2.75) is 19.9 Å². The van der Waals surface area contributed by atoms with Crippen LogP contribution in [0.5, 0.6) is 0 Å². The van der Waals surface area contributed by atoms with Crippen LogP contribution in [0.3, 0.4) is 0 Å². The quantitative estimate of drug-likeness (QED) is 0.614. The van der Waals surface area contributed by atoms with E-state index in [1.54, 1.807) is 30.0 Å². The van der Waals surface area contributed by atoms with Crippen LogP contribution < -0.4 is 11.3 Å². The van der Waals surface area contributed by atoms with E-state index in [-0.39, 0.29) is 30.0 Å². The van der Waals surface area contributed by atoms with Crippen LogP contribution in [-0.4, -0.2) is 43.3 Å². The average molecular weight is 297 g/mol. The molecule has 1 saturated heterocycles. The molecule has 6 nitrogen and oxygen atoms in total. The Hall–Kier alpha value is -1.60. The SMILES string of the molecule is Cc1cc(C(=O)N2CCS(=O)(=O)CC2C)ccc1NN. The first-order chi connectivity index (χ1) is 9.34. The lowest BCUT2D eigenvalue weighted by Crippen LogP contribution is -2.49. The number of carbonyl (C=O) groups excluding carboxylic acids is 1. The molecule has 1 amide bonds. The fraction of sp³-hybridized carbons (Fsp3) is 0.462. The van der Waals surface area contributed by atoms with Gasteiger partial charge in [0.05, 0.1) is 17.2 Å². The summed E-state index contributed by atoms with van der Waals surface area (Å²) in [6, 6.07) is 4.90. The molecule has 0 spiro atoms. The monoisotopic (exact) mass is 297 g/mol. The molecule has 1 fully saturated rings. The second kappa shape index (κ2) is 5.41. The van der Waals surface area contributed by atoms with E-state index < -0.39 is 9.84 Å². The summed E-state index contributed by atoms with van der Waals surface area (Å²) in [4.78, 5) is 14.1. The van der Waals surface area contributed by atoms with Gasteiger partial charge in [-0.15, -0.1) is 0 Å². The molecule has 1 aromatic rings. The Bertz CT molecular complexity index is 628. The van der Waals surface area contributed by atoms with E-state index in [0.717, 1.165) is 11.3 Å². The second-order valence-electron chi connectivity index (χ2n) is 5.14. The van der Waals surface area contributed by atoms with Crippen molar-refractivity contribution in [3.8, 4) is 0 Å². The molecule has 3 N–H and O–H groups in total. The van der Waals surface area contributed by atoms with Crippen LogP contribution in [0.1, 0.15) is 22.8 Å². The van der Waals surface area contributed by atoms with E-state index in [1.807, 2.05) is 6.92 Å². The Morgan fingerprint density at radius 2 is 2.15 bits per heavy atom. The smallest absolute Gasteiger partial charge is 0.254 e. The standard InChI is InChI=1S/C13H19N3O3S/c1-9-7-11(3-4-12(9)15-14)13(17)16-5-6-20(18,19)8-10(16)2/h3-4,7,10,15H,5-6,8,14H2,1-2H3. The molecule has 2 rings (SSSR count). The number of nitrogens with one attached hydrogen (secondary N) is 1. The van der Waals surface area contributed by atoms with Crippen molar-refractivity contribution in [3.05, 3.63) is 29.3 Å². The second-order valence-corrected chi connectivity index (χ2v) is 7.36. The van der Waals surface area contributed by atoms with Gasteiger partial charge in [-0.3, -0.25) is 10.6 Å². The minimum Gasteiger partial charge on any atom is -0.334 e. The van der Waals surface area contributed by atoms with Gasteiger partial charge in [-0.05, 0) is 37.6 Å². The largest absolute Gasteiger partial charge is 0.334 e. The third kappa shape index (κ3) is 2.94. The normalized spacial score (nSPS) is 21.6. The summed E-state index contributed by atoms with van der Waals surface area (Å²) in [5, 5.41) is 0. The van der Waals surface area contributed by atoms with Gasteiger partial charge in [0, 0.05) is 18.2 Å². The van der Waals surface area contributed by atoms with E-state index in [2.05, 4.69) is 5.43 Å². The van der Waals surface area contributed by atoms with Crippen molar-refractivity contribution < 1.29 is 13.2 Å². The number of hydrogen-bond donors (Lipinski definition) is 2. The maximum Gasteiger partial charge on any atom is 0.254 e. The molecule has 0 bridgehead atoms. The topological polar surface area (TPSA) is 92.5 Å². The van der Waals surface area contributed by atoms with Gasteiger partial charge in [-0.1, -0.05) is 0 Å². The minimum absolute atomic E-state index is 0.0279. The third-order valence-corrected chi connectivity index (χ3v) is 5.35. The number of benzene rings is 1. The molecule has 1 aliphatic rings. The molecular formula is C13H19N3O3S. The molecule has 1 atom stereocenters. The summed E-state index contributed by atoms with van der Waals surface area (Å²) in [6.07, 6.45) is 0. The summed E-state index contributed by atoms with van der Waals surface area (Å²) >= 11 is 0. The summed E-state index contributed by atoms with van der Waals surface area (Å²) in [5.41, 5.74) is 4.74. The van der Waals surface area contributed by atoms with E-state index in [0.29, 0.717) is 5.56 Å². The number of sulfone groups is 1. The lowest BCUT2D eigenvalue weighted by molar-refractivity contribution is 0.0712. The number of nitrogens with two attached hydrogens (primary N) is 1. The van der Waals surface area contributed by atoms with Gasteiger partial charge in [0.2, 0.25) is 0 Å². The van der Waals surface area contributed by atoms with Gasteiger partial charge in [0.15, 0.2) is 9.84 Å². The van der Waals surface area contributed by atoms with E-state index in [1.165, 1.54) is 0 Å². The van der Waals surface area contributed by atoms with Crippen LogP contribution in [0.15, 0.2) is 18.2 Å². The van der Waals surface area contributed by atoms with Crippen LogP contribution >= 0.6 is 0 Å². The van der Waals surface area contributed by atoms with Crippen LogP contribution in [0.25, 0.3) is 0 Å². The van der Waals surface area contributed by atoms with Crippen LogP contribution in [0.2, 0.25) is 0 Å². The van der Waals surface area contributed by atoms with Gasteiger partial charge in [-0.25, -0.2) is 8.42 Å². The lowest BCUT2D eigenvalue weighted by atomic mass is 10.1. The number of nitrogen functional groups attached to an aromatic ring is 1. The molecule has 0 radical (unpaired) electrons. The van der Waals surface area contributed by atoms with Crippen molar-refractivity contribution in [2.24, 2.45) is 5.84 Å². The van der Waals surface area contributed by atoms with E-state index >= 15 is 0 Å². The zero-order valence-electron chi connectivity index (χ0n) is 11.6. The first-order valence-corrected chi connectivity index (χ1v) is 8.25. The number of amides is 1. The van der Waals surface area contributed by atoms with Gasteiger partial charge in [-0.2, -0.15) is 0 Å². The lowest BCUT2D eigenvalue weighted by Gasteiger charge is -2.33. The number of aryl methyl sites for hydroxylation is 1. The van der Waals surface area contributed by atoms with Crippen molar-refractivity contribution >= 4 is 21.4 Å². The minimum atomic E-state index is -3.02. The third-order valence-electron chi connectivity index (χ3n) is 3.56. The molecule has 1 heterocycles. The highest BCUT2D eigenvalue weighted by molar-refractivity contribution is 7.91. The Morgan fingerprint density at radius 3 is 2.70 bits per heavy atom. The maximum atomic E-state index is 12.5. The number of anilines is 1. The van der Waals surface area contributed by atoms with Crippen molar-refractivity contribution in [1.29, 1.82) is 0 Å². The zero-order chi connectivity index (χ0) is 14.9. The van der Waals surface area contributed by atoms with Crippen molar-refractivity contribution in [2.75, 3.05) is 23.5 Å². The molecule has 1 aromatic carbocycles. The van der Waals surface area contributed by atoms with Gasteiger partial charge < -0.3 is 10.3 Å². The Balaban J connectivity index is 2.22. The zero-order valence-corrected chi connectivity index (χ0v) is 12.4. The molecule has 20 heavy (non-hydrogen) atoms. The highest BCUT2D eigenvalue weighted by Crippen LogP contribution is 2.19. The summed E-state index contributed by atoms with van der Waals surface area (Å²) in [6.45, 7) is 3.87. The maximum absolute atomic E-state index is 12.5. The first kappa shape index (κ1) is 14.8. The van der Waals surface area contributed by atoms with Gasteiger partial charge >= 0.3 is 0 Å². The van der Waals surface area contributed by atoms with Crippen LogP contribution in [-0.2, 0) is 9.84 Å². The molecule has 1 unspecified atom stereocenters. The summed E-state index contributed by atoms with van der Waals surface area (Å²) in [7, 11) is -3.02. The van der Waals surface area contributed by atoms with E-state index in [9.17, 15) is 13.2 Å². The van der Waals surface area contributed by atoms with E-state index in [4.69, 9.17) is 5.84 Å². The Morgan fingerprint density at radius 1 is 1.45 bits per heavy atom. The van der Waals surface area contributed by atoms with Crippen molar-refractivity contribution in [3.63, 3.8) is 0 Å². The average Bonchev–Trinajstić information content (AvgIpc) is 2.37. The first-order valence-electron chi connectivity index (χ1n) is 6.43. The Kier molecular flexibility index (Phi) is 4.01. The number of rotatable bonds is 2. The fourth-order valence-electron chi connectivity index (χ4n) is 2.42. The summed E-state index contributed by atoms with van der Waals surface area (Å²) < 4.78 is 23.1. The Labute approximate surface area is 118 Å². The highest BCUT2D eigenvalue weighted by atomic mass is 32.2. The molecular weight excluding hydrogens is 278 g/mol. The molecule has 110 valence electrons.